The molecule has 2 fully saturated rings. The fourth-order valence-electron chi connectivity index (χ4n) is 4.39. The van der Waals surface area contributed by atoms with Crippen LogP contribution in [0.5, 0.6) is 0 Å². The highest BCUT2D eigenvalue weighted by molar-refractivity contribution is 5.69. The number of pyridine rings is 1. The van der Waals surface area contributed by atoms with Crippen LogP contribution in [0.15, 0.2) is 29.2 Å². The summed E-state index contributed by atoms with van der Waals surface area (Å²) in [7, 11) is 0. The number of rotatable bonds is 4. The molecular formula is C19H22N2O3. The minimum absolute atomic E-state index is 0.0687. The molecule has 0 unspecified atom stereocenters. The molecule has 2 aromatic rings. The first-order chi connectivity index (χ1) is 11.6. The lowest BCUT2D eigenvalue weighted by Crippen LogP contribution is -2.19. The summed E-state index contributed by atoms with van der Waals surface area (Å²) >= 11 is 0. The van der Waals surface area contributed by atoms with Gasteiger partial charge in [-0.1, -0.05) is 12.5 Å². The molecule has 3 atom stereocenters. The van der Waals surface area contributed by atoms with Crippen molar-refractivity contribution >= 4 is 11.6 Å². The van der Waals surface area contributed by atoms with E-state index in [1.165, 1.54) is 36.2 Å². The summed E-state index contributed by atoms with van der Waals surface area (Å²) < 4.78 is 6.89. The average molecular weight is 326 g/mol. The first-order valence-electron chi connectivity index (χ1n) is 8.73. The quantitative estimate of drug-likeness (QED) is 0.811. The Labute approximate surface area is 140 Å². The zero-order valence-corrected chi connectivity index (χ0v) is 13.9. The van der Waals surface area contributed by atoms with Crippen molar-refractivity contribution in [1.82, 2.24) is 9.38 Å². The number of ether oxygens (including phenoxy) is 1. The van der Waals surface area contributed by atoms with Crippen LogP contribution in [0, 0.1) is 24.7 Å². The molecule has 2 bridgehead atoms. The number of hydrogen-bond donors (Lipinski definition) is 0. The highest BCUT2D eigenvalue weighted by atomic mass is 16.5. The fraction of sp³-hybridized carbons (Fsp3) is 0.526. The molecule has 2 aliphatic rings. The highest BCUT2D eigenvalue weighted by Crippen LogP contribution is 2.49. The Morgan fingerprint density at radius 1 is 1.33 bits per heavy atom. The van der Waals surface area contributed by atoms with Gasteiger partial charge < -0.3 is 4.74 Å². The lowest BCUT2D eigenvalue weighted by atomic mass is 9.86. The Balaban J connectivity index is 1.40. The predicted molar refractivity (Wildman–Crippen MR) is 89.6 cm³/mol. The van der Waals surface area contributed by atoms with Crippen molar-refractivity contribution in [1.29, 1.82) is 0 Å². The van der Waals surface area contributed by atoms with Gasteiger partial charge in [0.2, 0.25) is 0 Å². The molecule has 2 heterocycles. The van der Waals surface area contributed by atoms with Crippen LogP contribution in [0.1, 0.15) is 43.4 Å². The number of nitrogens with zero attached hydrogens (tertiary/aromatic N) is 2. The van der Waals surface area contributed by atoms with Crippen molar-refractivity contribution in [3.05, 3.63) is 46.0 Å². The molecule has 24 heavy (non-hydrogen) atoms. The van der Waals surface area contributed by atoms with E-state index in [9.17, 15) is 9.59 Å². The monoisotopic (exact) mass is 326 g/mol. The molecule has 2 saturated carbocycles. The van der Waals surface area contributed by atoms with Gasteiger partial charge in [0.1, 0.15) is 12.3 Å². The second kappa shape index (κ2) is 6.04. The van der Waals surface area contributed by atoms with Crippen LogP contribution < -0.4 is 5.56 Å². The van der Waals surface area contributed by atoms with E-state index in [0.717, 1.165) is 11.5 Å². The minimum Gasteiger partial charge on any atom is -0.459 e. The molecule has 0 saturated heterocycles. The van der Waals surface area contributed by atoms with Crippen molar-refractivity contribution in [2.45, 2.75) is 45.6 Å². The molecule has 2 aliphatic carbocycles. The molecule has 126 valence electrons. The van der Waals surface area contributed by atoms with Crippen LogP contribution in [0.4, 0.5) is 0 Å². The Kier molecular flexibility index (Phi) is 3.87. The van der Waals surface area contributed by atoms with Gasteiger partial charge in [-0.15, -0.1) is 0 Å². The molecule has 0 aliphatic heterocycles. The second-order valence-electron chi connectivity index (χ2n) is 7.32. The first kappa shape index (κ1) is 15.4. The van der Waals surface area contributed by atoms with E-state index < -0.39 is 0 Å². The number of carbonyl (C=O) groups excluding carboxylic acids is 1. The van der Waals surface area contributed by atoms with Gasteiger partial charge in [-0.3, -0.25) is 14.0 Å². The van der Waals surface area contributed by atoms with Gasteiger partial charge in [0.15, 0.2) is 0 Å². The van der Waals surface area contributed by atoms with Gasteiger partial charge >= 0.3 is 5.97 Å². The smallest absolute Gasteiger partial charge is 0.306 e. The Hall–Kier alpha value is -2.17. The van der Waals surface area contributed by atoms with Crippen molar-refractivity contribution < 1.29 is 9.53 Å². The SMILES string of the molecule is Cc1ccc2nc(COC(=O)C[C@H]3C[C@H]4CC[C@@H]3C4)cc(=O)n2c1. The molecule has 0 amide bonds. The van der Waals surface area contributed by atoms with Gasteiger partial charge in [0, 0.05) is 18.7 Å². The van der Waals surface area contributed by atoms with Gasteiger partial charge in [0.05, 0.1) is 5.69 Å². The Morgan fingerprint density at radius 3 is 2.96 bits per heavy atom. The summed E-state index contributed by atoms with van der Waals surface area (Å²) in [6, 6.07) is 5.15. The van der Waals surface area contributed by atoms with E-state index in [1.807, 2.05) is 13.0 Å². The minimum atomic E-state index is -0.168. The van der Waals surface area contributed by atoms with Crippen LogP contribution in [-0.2, 0) is 16.1 Å². The summed E-state index contributed by atoms with van der Waals surface area (Å²) in [4.78, 5) is 28.7. The van der Waals surface area contributed by atoms with E-state index in [-0.39, 0.29) is 18.1 Å². The van der Waals surface area contributed by atoms with Crippen LogP contribution >= 0.6 is 0 Å². The predicted octanol–water partition coefficient (Wildman–Crippen LogP) is 2.87. The third-order valence-corrected chi connectivity index (χ3v) is 5.55. The number of fused-ring (bicyclic) bond motifs is 3. The highest BCUT2D eigenvalue weighted by Gasteiger charge is 2.40. The van der Waals surface area contributed by atoms with Crippen molar-refractivity contribution in [3.8, 4) is 0 Å². The topological polar surface area (TPSA) is 60.7 Å². The van der Waals surface area contributed by atoms with Crippen molar-refractivity contribution in [3.63, 3.8) is 0 Å². The van der Waals surface area contributed by atoms with E-state index in [2.05, 4.69) is 4.98 Å². The summed E-state index contributed by atoms with van der Waals surface area (Å²) in [6.07, 6.45) is 7.34. The maximum atomic E-state index is 12.1. The van der Waals surface area contributed by atoms with E-state index in [1.54, 1.807) is 12.3 Å². The summed E-state index contributed by atoms with van der Waals surface area (Å²) in [5, 5.41) is 0. The third-order valence-electron chi connectivity index (χ3n) is 5.55. The maximum Gasteiger partial charge on any atom is 0.306 e. The third kappa shape index (κ3) is 2.95. The van der Waals surface area contributed by atoms with Crippen LogP contribution in [0.25, 0.3) is 5.65 Å². The van der Waals surface area contributed by atoms with E-state index in [0.29, 0.717) is 29.6 Å². The fourth-order valence-corrected chi connectivity index (χ4v) is 4.39. The molecule has 0 N–H and O–H groups in total. The van der Waals surface area contributed by atoms with E-state index in [4.69, 9.17) is 4.74 Å². The molecule has 4 rings (SSSR count). The van der Waals surface area contributed by atoms with Gasteiger partial charge in [-0.2, -0.15) is 0 Å². The molecule has 2 aromatic heterocycles. The molecule has 0 spiro atoms. The zero-order valence-electron chi connectivity index (χ0n) is 13.9. The van der Waals surface area contributed by atoms with Gasteiger partial charge in [-0.25, -0.2) is 4.98 Å². The number of hydrogen-bond acceptors (Lipinski definition) is 4. The van der Waals surface area contributed by atoms with Crippen molar-refractivity contribution in [2.75, 3.05) is 0 Å². The Morgan fingerprint density at radius 2 is 2.21 bits per heavy atom. The average Bonchev–Trinajstić information content (AvgIpc) is 3.16. The Bertz CT molecular complexity index is 842. The number of aryl methyl sites for hydroxylation is 1. The van der Waals surface area contributed by atoms with Gasteiger partial charge in [0.25, 0.3) is 5.56 Å². The van der Waals surface area contributed by atoms with E-state index >= 15 is 0 Å². The van der Waals surface area contributed by atoms with Crippen molar-refractivity contribution in [2.24, 2.45) is 17.8 Å². The number of esters is 1. The largest absolute Gasteiger partial charge is 0.459 e. The summed E-state index contributed by atoms with van der Waals surface area (Å²) in [5.74, 6) is 1.88. The maximum absolute atomic E-state index is 12.1. The molecule has 5 nitrogen and oxygen atoms in total. The lowest BCUT2D eigenvalue weighted by Gasteiger charge is -2.20. The number of carbonyl (C=O) groups is 1. The van der Waals surface area contributed by atoms with Crippen LogP contribution in [0.2, 0.25) is 0 Å². The molecule has 0 aromatic carbocycles. The number of aromatic nitrogens is 2. The molecule has 5 heteroatoms. The summed E-state index contributed by atoms with van der Waals surface area (Å²) in [6.45, 7) is 2.00. The van der Waals surface area contributed by atoms with Gasteiger partial charge in [-0.05, 0) is 55.6 Å². The van der Waals surface area contributed by atoms with Crippen LogP contribution in [0.3, 0.4) is 0 Å². The lowest BCUT2D eigenvalue weighted by molar-refractivity contribution is -0.146. The molecular weight excluding hydrogens is 304 g/mol. The molecule has 0 radical (unpaired) electrons. The zero-order chi connectivity index (χ0) is 16.7. The first-order valence-corrected chi connectivity index (χ1v) is 8.73. The standard InChI is InChI=1S/C19H22N2O3/c1-12-2-5-17-20-16(9-18(22)21(17)10-12)11-24-19(23)8-15-7-13-3-4-14(15)6-13/h2,5,9-10,13-15H,3-4,6-8,11H2,1H3/t13-,14+,15+/m0/s1. The second-order valence-corrected chi connectivity index (χ2v) is 7.32. The van der Waals surface area contributed by atoms with Crippen LogP contribution in [-0.4, -0.2) is 15.4 Å². The normalized spacial score (nSPS) is 25.3. The summed E-state index contributed by atoms with van der Waals surface area (Å²) in [5.41, 5.74) is 1.93.